The monoisotopic (exact) mass is 307 g/mol. The molecule has 1 aliphatic heterocycles. The molecular formula is C14H17N3O3S. The Balaban J connectivity index is 1.76. The quantitative estimate of drug-likeness (QED) is 0.888. The van der Waals surface area contributed by atoms with Crippen molar-refractivity contribution in [1.82, 2.24) is 4.31 Å². The van der Waals surface area contributed by atoms with Crippen LogP contribution in [0.5, 0.6) is 0 Å². The Morgan fingerprint density at radius 1 is 1.33 bits per heavy atom. The molecule has 1 heterocycles. The van der Waals surface area contributed by atoms with E-state index in [2.05, 4.69) is 5.32 Å². The summed E-state index contributed by atoms with van der Waals surface area (Å²) in [6, 6.07) is 8.60. The van der Waals surface area contributed by atoms with Gasteiger partial charge in [0.2, 0.25) is 15.9 Å². The third-order valence-corrected chi connectivity index (χ3v) is 5.27. The Kier molecular flexibility index (Phi) is 4.94. The molecule has 0 aliphatic carbocycles. The fourth-order valence-electron chi connectivity index (χ4n) is 2.21. The van der Waals surface area contributed by atoms with Crippen molar-refractivity contribution in [3.63, 3.8) is 0 Å². The summed E-state index contributed by atoms with van der Waals surface area (Å²) >= 11 is 0. The molecular weight excluding hydrogens is 290 g/mol. The van der Waals surface area contributed by atoms with Crippen LogP contribution in [0.15, 0.2) is 24.3 Å². The molecule has 1 aromatic rings. The SMILES string of the molecule is N#Cc1ccc(NC(=O)CCCN2CCCS2(=O)=O)cc1. The Morgan fingerprint density at radius 3 is 2.62 bits per heavy atom. The van der Waals surface area contributed by atoms with Crippen LogP contribution in [0, 0.1) is 11.3 Å². The number of amides is 1. The highest BCUT2D eigenvalue weighted by Gasteiger charge is 2.27. The maximum absolute atomic E-state index is 11.8. The highest BCUT2D eigenvalue weighted by atomic mass is 32.2. The number of nitrogens with zero attached hydrogens (tertiary/aromatic N) is 2. The number of hydrogen-bond donors (Lipinski definition) is 1. The molecule has 1 saturated heterocycles. The number of carbonyl (C=O) groups excluding carboxylic acids is 1. The molecule has 0 radical (unpaired) electrons. The van der Waals surface area contributed by atoms with E-state index in [0.717, 1.165) is 0 Å². The maximum atomic E-state index is 11.8. The molecule has 1 aliphatic rings. The number of rotatable bonds is 5. The first-order valence-corrected chi connectivity index (χ1v) is 8.40. The Bertz CT molecular complexity index is 647. The minimum Gasteiger partial charge on any atom is -0.326 e. The van der Waals surface area contributed by atoms with E-state index in [-0.39, 0.29) is 18.1 Å². The average molecular weight is 307 g/mol. The molecule has 21 heavy (non-hydrogen) atoms. The molecule has 0 atom stereocenters. The van der Waals surface area contributed by atoms with E-state index in [4.69, 9.17) is 5.26 Å². The zero-order chi connectivity index (χ0) is 15.3. The van der Waals surface area contributed by atoms with E-state index in [1.54, 1.807) is 24.3 Å². The summed E-state index contributed by atoms with van der Waals surface area (Å²) in [5.74, 6) is 0.0565. The lowest BCUT2D eigenvalue weighted by Crippen LogP contribution is -2.27. The van der Waals surface area contributed by atoms with Gasteiger partial charge in [-0.05, 0) is 37.1 Å². The number of benzene rings is 1. The number of nitriles is 1. The van der Waals surface area contributed by atoms with Gasteiger partial charge in [0.25, 0.3) is 0 Å². The summed E-state index contributed by atoms with van der Waals surface area (Å²) in [5.41, 5.74) is 1.17. The zero-order valence-corrected chi connectivity index (χ0v) is 12.4. The molecule has 7 heteroatoms. The number of sulfonamides is 1. The standard InChI is InChI=1S/C14H17N3O3S/c15-11-12-4-6-13(7-5-12)16-14(18)3-1-8-17-9-2-10-21(17,19)20/h4-7H,1-3,8-10H2,(H,16,18). The molecule has 0 unspecified atom stereocenters. The van der Waals surface area contributed by atoms with Crippen molar-refractivity contribution in [3.8, 4) is 6.07 Å². The van der Waals surface area contributed by atoms with Crippen molar-refractivity contribution in [3.05, 3.63) is 29.8 Å². The number of nitrogens with one attached hydrogen (secondary N) is 1. The number of anilines is 1. The van der Waals surface area contributed by atoms with Crippen LogP contribution in [0.1, 0.15) is 24.8 Å². The van der Waals surface area contributed by atoms with Crippen LogP contribution in [0.25, 0.3) is 0 Å². The van der Waals surface area contributed by atoms with Gasteiger partial charge in [0.05, 0.1) is 17.4 Å². The summed E-state index contributed by atoms with van der Waals surface area (Å²) in [7, 11) is -3.08. The van der Waals surface area contributed by atoms with Gasteiger partial charge >= 0.3 is 0 Å². The number of hydrogen-bond acceptors (Lipinski definition) is 4. The molecule has 1 amide bonds. The van der Waals surface area contributed by atoms with Crippen molar-refractivity contribution in [2.75, 3.05) is 24.2 Å². The van der Waals surface area contributed by atoms with Gasteiger partial charge in [0.1, 0.15) is 0 Å². The summed E-state index contributed by atoms with van der Waals surface area (Å²) in [6.45, 7) is 0.947. The predicted molar refractivity (Wildman–Crippen MR) is 79.0 cm³/mol. The number of carbonyl (C=O) groups is 1. The summed E-state index contributed by atoms with van der Waals surface area (Å²) < 4.78 is 24.6. The third kappa shape index (κ3) is 4.28. The normalized spacial score (nSPS) is 17.3. The largest absolute Gasteiger partial charge is 0.326 e. The first-order chi connectivity index (χ1) is 10.0. The van der Waals surface area contributed by atoms with E-state index in [1.807, 2.05) is 6.07 Å². The van der Waals surface area contributed by atoms with E-state index in [9.17, 15) is 13.2 Å². The second kappa shape index (κ2) is 6.70. The van der Waals surface area contributed by atoms with Gasteiger partial charge in [0.15, 0.2) is 0 Å². The lowest BCUT2D eigenvalue weighted by molar-refractivity contribution is -0.116. The van der Waals surface area contributed by atoms with E-state index >= 15 is 0 Å². The molecule has 112 valence electrons. The topological polar surface area (TPSA) is 90.3 Å². The van der Waals surface area contributed by atoms with Crippen LogP contribution < -0.4 is 5.32 Å². The highest BCUT2D eigenvalue weighted by Crippen LogP contribution is 2.14. The zero-order valence-electron chi connectivity index (χ0n) is 11.6. The molecule has 2 rings (SSSR count). The van der Waals surface area contributed by atoms with Crippen molar-refractivity contribution < 1.29 is 13.2 Å². The van der Waals surface area contributed by atoms with Crippen molar-refractivity contribution in [2.24, 2.45) is 0 Å². The van der Waals surface area contributed by atoms with Crippen LogP contribution in [0.2, 0.25) is 0 Å². The third-order valence-electron chi connectivity index (χ3n) is 3.31. The lowest BCUT2D eigenvalue weighted by atomic mass is 10.2. The van der Waals surface area contributed by atoms with Gasteiger partial charge < -0.3 is 5.32 Å². The summed E-state index contributed by atoms with van der Waals surface area (Å²) in [4.78, 5) is 11.8. The molecule has 0 saturated carbocycles. The van der Waals surface area contributed by atoms with Crippen molar-refractivity contribution >= 4 is 21.6 Å². The van der Waals surface area contributed by atoms with Gasteiger partial charge in [0, 0.05) is 25.2 Å². The maximum Gasteiger partial charge on any atom is 0.224 e. The fourth-order valence-corrected chi connectivity index (χ4v) is 3.78. The van der Waals surface area contributed by atoms with Crippen LogP contribution in [-0.4, -0.2) is 37.5 Å². The molecule has 0 aromatic heterocycles. The molecule has 6 nitrogen and oxygen atoms in total. The fraction of sp³-hybridized carbons (Fsp3) is 0.429. The molecule has 0 bridgehead atoms. The smallest absolute Gasteiger partial charge is 0.224 e. The lowest BCUT2D eigenvalue weighted by Gasteiger charge is -2.13. The van der Waals surface area contributed by atoms with E-state index in [1.165, 1.54) is 4.31 Å². The first kappa shape index (κ1) is 15.5. The summed E-state index contributed by atoms with van der Waals surface area (Å²) in [5, 5.41) is 11.4. The first-order valence-electron chi connectivity index (χ1n) is 6.79. The molecule has 1 fully saturated rings. The van der Waals surface area contributed by atoms with E-state index < -0.39 is 10.0 Å². The highest BCUT2D eigenvalue weighted by molar-refractivity contribution is 7.89. The summed E-state index contributed by atoms with van der Waals surface area (Å²) in [6.07, 6.45) is 1.44. The molecule has 1 aromatic carbocycles. The van der Waals surface area contributed by atoms with Gasteiger partial charge in [-0.3, -0.25) is 4.79 Å². The predicted octanol–water partition coefficient (Wildman–Crippen LogP) is 1.31. The molecule has 1 N–H and O–H groups in total. The second-order valence-corrected chi connectivity index (χ2v) is 7.00. The Labute approximate surface area is 124 Å². The van der Waals surface area contributed by atoms with Gasteiger partial charge in [-0.2, -0.15) is 5.26 Å². The minimum atomic E-state index is -3.08. The average Bonchev–Trinajstić information content (AvgIpc) is 2.79. The van der Waals surface area contributed by atoms with Gasteiger partial charge in [-0.15, -0.1) is 0 Å². The van der Waals surface area contributed by atoms with Crippen LogP contribution in [-0.2, 0) is 14.8 Å². The van der Waals surface area contributed by atoms with Crippen LogP contribution >= 0.6 is 0 Å². The minimum absolute atomic E-state index is 0.156. The van der Waals surface area contributed by atoms with Crippen LogP contribution in [0.3, 0.4) is 0 Å². The Morgan fingerprint density at radius 2 is 2.05 bits per heavy atom. The Hall–Kier alpha value is -1.91. The van der Waals surface area contributed by atoms with Crippen molar-refractivity contribution in [2.45, 2.75) is 19.3 Å². The van der Waals surface area contributed by atoms with Gasteiger partial charge in [-0.1, -0.05) is 0 Å². The van der Waals surface area contributed by atoms with Gasteiger partial charge in [-0.25, -0.2) is 12.7 Å². The molecule has 0 spiro atoms. The van der Waals surface area contributed by atoms with Crippen LogP contribution in [0.4, 0.5) is 5.69 Å². The van der Waals surface area contributed by atoms with Crippen molar-refractivity contribution in [1.29, 1.82) is 5.26 Å². The van der Waals surface area contributed by atoms with E-state index in [0.29, 0.717) is 37.2 Å². The second-order valence-electron chi connectivity index (χ2n) is 4.91.